The molecule has 2 aromatic carbocycles. The zero-order valence-corrected chi connectivity index (χ0v) is 20.2. The van der Waals surface area contributed by atoms with Crippen molar-refractivity contribution in [1.82, 2.24) is 19.4 Å². The van der Waals surface area contributed by atoms with E-state index in [1.165, 1.54) is 6.20 Å². The standard InChI is InChI=1S/C25H24N4O5S/c1-33-20-5-3-4-17(12-20)19-14-26-25(27-15-19)29-16-23(35(2,31)32)21-7-6-18(13-22(21)29)24(30)28-8-10-34-11-9-28/h3-7,12-16H,8-11H2,1-2H3. The van der Waals surface area contributed by atoms with Gasteiger partial charge in [0.15, 0.2) is 9.84 Å². The zero-order valence-electron chi connectivity index (χ0n) is 19.3. The molecule has 5 rings (SSSR count). The molecule has 1 amide bonds. The first-order chi connectivity index (χ1) is 16.8. The summed E-state index contributed by atoms with van der Waals surface area (Å²) in [6.07, 6.45) is 6.01. The summed E-state index contributed by atoms with van der Waals surface area (Å²) >= 11 is 0. The highest BCUT2D eigenvalue weighted by Crippen LogP contribution is 2.29. The number of ether oxygens (including phenoxy) is 2. The third kappa shape index (κ3) is 4.50. The summed E-state index contributed by atoms with van der Waals surface area (Å²) in [5.41, 5.74) is 2.68. The molecule has 9 nitrogen and oxygen atoms in total. The van der Waals surface area contributed by atoms with Gasteiger partial charge in [-0.25, -0.2) is 18.4 Å². The van der Waals surface area contributed by atoms with Crippen molar-refractivity contribution in [3.63, 3.8) is 0 Å². The summed E-state index contributed by atoms with van der Waals surface area (Å²) in [7, 11) is -1.93. The van der Waals surface area contributed by atoms with Crippen molar-refractivity contribution in [1.29, 1.82) is 0 Å². The van der Waals surface area contributed by atoms with Crippen molar-refractivity contribution in [2.45, 2.75) is 4.90 Å². The van der Waals surface area contributed by atoms with E-state index in [2.05, 4.69) is 9.97 Å². The molecule has 3 heterocycles. The largest absolute Gasteiger partial charge is 0.497 e. The van der Waals surface area contributed by atoms with Gasteiger partial charge in [0.2, 0.25) is 5.95 Å². The van der Waals surface area contributed by atoms with Crippen molar-refractivity contribution >= 4 is 26.6 Å². The van der Waals surface area contributed by atoms with Gasteiger partial charge >= 0.3 is 0 Å². The van der Waals surface area contributed by atoms with Crippen molar-refractivity contribution in [2.75, 3.05) is 39.7 Å². The van der Waals surface area contributed by atoms with Crippen molar-refractivity contribution in [3.05, 3.63) is 66.6 Å². The van der Waals surface area contributed by atoms with Gasteiger partial charge in [-0.2, -0.15) is 0 Å². The molecule has 4 aromatic rings. The van der Waals surface area contributed by atoms with Gasteiger partial charge in [0.05, 0.1) is 30.7 Å². The molecule has 180 valence electrons. The fourth-order valence-corrected chi connectivity index (χ4v) is 5.00. The van der Waals surface area contributed by atoms with Crippen molar-refractivity contribution in [2.24, 2.45) is 0 Å². The normalized spacial score (nSPS) is 14.3. The van der Waals surface area contributed by atoms with E-state index >= 15 is 0 Å². The Hall–Kier alpha value is -3.76. The van der Waals surface area contributed by atoms with E-state index < -0.39 is 9.84 Å². The molecule has 0 aliphatic carbocycles. The number of methoxy groups -OCH3 is 1. The van der Waals surface area contributed by atoms with Crippen LogP contribution < -0.4 is 4.74 Å². The molecule has 1 saturated heterocycles. The Morgan fingerprint density at radius 3 is 2.46 bits per heavy atom. The molecule has 0 unspecified atom stereocenters. The van der Waals surface area contributed by atoms with Crippen LogP contribution in [0.25, 0.3) is 28.0 Å². The van der Waals surface area contributed by atoms with E-state index in [1.54, 1.807) is 47.2 Å². The van der Waals surface area contributed by atoms with E-state index in [4.69, 9.17) is 9.47 Å². The molecule has 1 fully saturated rings. The van der Waals surface area contributed by atoms with Gasteiger partial charge in [0.1, 0.15) is 5.75 Å². The first-order valence-corrected chi connectivity index (χ1v) is 12.9. The molecule has 35 heavy (non-hydrogen) atoms. The van der Waals surface area contributed by atoms with Crippen LogP contribution in [0.2, 0.25) is 0 Å². The lowest BCUT2D eigenvalue weighted by Gasteiger charge is -2.26. The van der Waals surface area contributed by atoms with Gasteiger partial charge in [-0.15, -0.1) is 0 Å². The third-order valence-electron chi connectivity index (χ3n) is 5.97. The number of carbonyl (C=O) groups is 1. The Kier molecular flexibility index (Phi) is 6.00. The molecule has 0 N–H and O–H groups in total. The van der Waals surface area contributed by atoms with Crippen LogP contribution in [0.3, 0.4) is 0 Å². The molecule has 0 radical (unpaired) electrons. The van der Waals surface area contributed by atoms with Crippen LogP contribution in [0.15, 0.2) is 66.0 Å². The minimum atomic E-state index is -3.53. The molecular formula is C25H24N4O5S. The van der Waals surface area contributed by atoms with E-state index in [-0.39, 0.29) is 10.8 Å². The lowest BCUT2D eigenvalue weighted by Crippen LogP contribution is -2.40. The average molecular weight is 493 g/mol. The lowest BCUT2D eigenvalue weighted by atomic mass is 10.1. The summed E-state index contributed by atoms with van der Waals surface area (Å²) in [5.74, 6) is 0.893. The van der Waals surface area contributed by atoms with Crippen LogP contribution >= 0.6 is 0 Å². The number of hydrogen-bond donors (Lipinski definition) is 0. The second-order valence-electron chi connectivity index (χ2n) is 8.28. The predicted octanol–water partition coefficient (Wildman–Crippen LogP) is 2.97. The van der Waals surface area contributed by atoms with E-state index in [1.807, 2.05) is 24.3 Å². The molecule has 1 aliphatic rings. The number of rotatable bonds is 5. The summed E-state index contributed by atoms with van der Waals surface area (Å²) in [5, 5.41) is 0.506. The predicted molar refractivity (Wildman–Crippen MR) is 131 cm³/mol. The quantitative estimate of drug-likeness (QED) is 0.422. The summed E-state index contributed by atoms with van der Waals surface area (Å²) in [6, 6.07) is 12.6. The third-order valence-corrected chi connectivity index (χ3v) is 7.09. The van der Waals surface area contributed by atoms with Crippen LogP contribution in [0, 0.1) is 0 Å². The van der Waals surface area contributed by atoms with Crippen molar-refractivity contribution < 1.29 is 22.7 Å². The second kappa shape index (κ2) is 9.12. The zero-order chi connectivity index (χ0) is 24.6. The molecule has 0 saturated carbocycles. The van der Waals surface area contributed by atoms with E-state index in [0.717, 1.165) is 23.1 Å². The fraction of sp³-hybridized carbons (Fsp3) is 0.240. The number of morpholine rings is 1. The first kappa shape index (κ1) is 23.0. The van der Waals surface area contributed by atoms with Crippen molar-refractivity contribution in [3.8, 4) is 22.8 Å². The number of fused-ring (bicyclic) bond motifs is 1. The Morgan fingerprint density at radius 2 is 1.77 bits per heavy atom. The minimum Gasteiger partial charge on any atom is -0.497 e. The first-order valence-electron chi connectivity index (χ1n) is 11.0. The number of nitrogens with zero attached hydrogens (tertiary/aromatic N) is 4. The molecular weight excluding hydrogens is 468 g/mol. The van der Waals surface area contributed by atoms with Gasteiger partial charge in [-0.3, -0.25) is 9.36 Å². The highest BCUT2D eigenvalue weighted by Gasteiger charge is 2.23. The van der Waals surface area contributed by atoms with Gasteiger partial charge in [0, 0.05) is 54.4 Å². The van der Waals surface area contributed by atoms with Crippen LogP contribution in [0.5, 0.6) is 5.75 Å². The fourth-order valence-electron chi connectivity index (χ4n) is 4.14. The molecule has 2 aromatic heterocycles. The molecule has 10 heteroatoms. The molecule has 0 atom stereocenters. The summed E-state index contributed by atoms with van der Waals surface area (Å²) < 4.78 is 37.2. The molecule has 0 spiro atoms. The number of amides is 1. The summed E-state index contributed by atoms with van der Waals surface area (Å²) in [6.45, 7) is 2.02. The number of sulfone groups is 1. The van der Waals surface area contributed by atoms with E-state index in [9.17, 15) is 13.2 Å². The average Bonchev–Trinajstić information content (AvgIpc) is 3.28. The lowest BCUT2D eigenvalue weighted by molar-refractivity contribution is 0.0303. The molecule has 0 bridgehead atoms. The maximum Gasteiger partial charge on any atom is 0.254 e. The van der Waals surface area contributed by atoms with Crippen LogP contribution in [-0.2, 0) is 14.6 Å². The number of carbonyl (C=O) groups excluding carboxylic acids is 1. The topological polar surface area (TPSA) is 104 Å². The highest BCUT2D eigenvalue weighted by molar-refractivity contribution is 7.91. The highest BCUT2D eigenvalue weighted by atomic mass is 32.2. The van der Waals surface area contributed by atoms with Gasteiger partial charge in [-0.1, -0.05) is 18.2 Å². The monoisotopic (exact) mass is 492 g/mol. The SMILES string of the molecule is COc1cccc(-c2cnc(-n3cc(S(C)(=O)=O)c4ccc(C(=O)N5CCOCC5)cc43)nc2)c1. The Balaban J connectivity index is 1.58. The Bertz CT molecular complexity index is 1510. The summed E-state index contributed by atoms with van der Waals surface area (Å²) in [4.78, 5) is 23.9. The maximum atomic E-state index is 13.1. The molecule has 1 aliphatic heterocycles. The maximum absolute atomic E-state index is 13.1. The minimum absolute atomic E-state index is 0.127. The number of hydrogen-bond acceptors (Lipinski definition) is 7. The number of benzene rings is 2. The van der Waals surface area contributed by atoms with E-state index in [0.29, 0.717) is 48.7 Å². The Labute approximate surface area is 202 Å². The van der Waals surface area contributed by atoms with Crippen LogP contribution in [0.4, 0.5) is 0 Å². The smallest absolute Gasteiger partial charge is 0.254 e. The van der Waals surface area contributed by atoms with Gasteiger partial charge in [0.25, 0.3) is 5.91 Å². The van der Waals surface area contributed by atoms with Gasteiger partial charge < -0.3 is 14.4 Å². The number of aromatic nitrogens is 3. The van der Waals surface area contributed by atoms with Gasteiger partial charge in [-0.05, 0) is 29.8 Å². The second-order valence-corrected chi connectivity index (χ2v) is 10.3. The van der Waals surface area contributed by atoms with Crippen LogP contribution in [0.1, 0.15) is 10.4 Å². The van der Waals surface area contributed by atoms with Crippen LogP contribution in [-0.4, -0.2) is 73.4 Å². The Morgan fingerprint density at radius 1 is 1.03 bits per heavy atom.